The average molecular weight is 344 g/mol. The van der Waals surface area contributed by atoms with Gasteiger partial charge in [-0.05, 0) is 42.0 Å². The van der Waals surface area contributed by atoms with Crippen molar-refractivity contribution in [1.29, 1.82) is 0 Å². The van der Waals surface area contributed by atoms with E-state index >= 15 is 0 Å². The Hall–Kier alpha value is -1.91. The maximum atomic E-state index is 9.36. The first-order valence-corrected chi connectivity index (χ1v) is 7.38. The molecule has 0 amide bonds. The summed E-state index contributed by atoms with van der Waals surface area (Å²) in [5.41, 5.74) is 1.53. The van der Waals surface area contributed by atoms with Crippen LogP contribution >= 0.6 is 15.9 Å². The number of halogens is 1. The van der Waals surface area contributed by atoms with Gasteiger partial charge in [-0.2, -0.15) is 0 Å². The van der Waals surface area contributed by atoms with Gasteiger partial charge < -0.3 is 9.84 Å². The van der Waals surface area contributed by atoms with E-state index in [1.165, 1.54) is 0 Å². The maximum absolute atomic E-state index is 9.36. The molecule has 1 heterocycles. The number of fused-ring (bicyclic) bond motifs is 1. The van der Waals surface area contributed by atoms with Crippen LogP contribution in [0.5, 0.6) is 11.5 Å². The molecule has 0 atom stereocenters. The van der Waals surface area contributed by atoms with Crippen molar-refractivity contribution in [3.05, 3.63) is 64.4 Å². The van der Waals surface area contributed by atoms with Gasteiger partial charge in [-0.1, -0.05) is 28.1 Å². The highest BCUT2D eigenvalue weighted by Gasteiger charge is 2.06. The smallest absolute Gasteiger partial charge is 0.136 e. The maximum Gasteiger partial charge on any atom is 0.136 e. The number of aliphatic hydroxyl groups is 1. The van der Waals surface area contributed by atoms with Crippen molar-refractivity contribution in [1.82, 2.24) is 4.98 Å². The molecule has 0 aliphatic carbocycles. The van der Waals surface area contributed by atoms with E-state index in [4.69, 9.17) is 4.74 Å². The van der Waals surface area contributed by atoms with Crippen LogP contribution in [-0.2, 0) is 6.61 Å². The number of aryl methyl sites for hydroxylation is 1. The third-order valence-electron chi connectivity index (χ3n) is 3.25. The van der Waals surface area contributed by atoms with E-state index in [0.29, 0.717) is 11.3 Å². The quantitative estimate of drug-likeness (QED) is 0.756. The summed E-state index contributed by atoms with van der Waals surface area (Å²) in [5, 5.41) is 11.6. The number of aromatic nitrogens is 1. The Morgan fingerprint density at radius 3 is 2.67 bits per heavy atom. The zero-order valence-corrected chi connectivity index (χ0v) is 13.1. The van der Waals surface area contributed by atoms with Gasteiger partial charge in [-0.15, -0.1) is 0 Å². The molecule has 0 bridgehead atoms. The molecule has 3 nitrogen and oxygen atoms in total. The molecule has 4 heteroatoms. The molecule has 0 aliphatic heterocycles. The van der Waals surface area contributed by atoms with Crippen LogP contribution in [0.15, 0.2) is 53.1 Å². The molecule has 21 heavy (non-hydrogen) atoms. The van der Waals surface area contributed by atoms with Gasteiger partial charge >= 0.3 is 0 Å². The number of rotatable bonds is 3. The van der Waals surface area contributed by atoms with Gasteiger partial charge in [0.1, 0.15) is 11.5 Å². The molecule has 3 aromatic rings. The SMILES string of the molecule is Cc1cc(Oc2ccc3cc(Br)ccc3c2)c(CO)cn1. The number of hydrogen-bond acceptors (Lipinski definition) is 3. The molecular formula is C17H14BrNO2. The Labute approximate surface area is 131 Å². The predicted octanol–water partition coefficient (Wildman–Crippen LogP) is 4.59. The highest BCUT2D eigenvalue weighted by atomic mass is 79.9. The summed E-state index contributed by atoms with van der Waals surface area (Å²) in [5.74, 6) is 1.38. The molecule has 3 rings (SSSR count). The summed E-state index contributed by atoms with van der Waals surface area (Å²) in [6, 6.07) is 13.9. The number of ether oxygens (including phenoxy) is 1. The molecule has 0 radical (unpaired) electrons. The van der Waals surface area contributed by atoms with E-state index in [1.54, 1.807) is 6.20 Å². The first-order chi connectivity index (χ1) is 10.2. The van der Waals surface area contributed by atoms with Gasteiger partial charge in [0.15, 0.2) is 0 Å². The summed E-state index contributed by atoms with van der Waals surface area (Å²) in [6.07, 6.45) is 1.64. The van der Waals surface area contributed by atoms with Crippen molar-refractivity contribution in [3.8, 4) is 11.5 Å². The average Bonchev–Trinajstić information content (AvgIpc) is 2.48. The van der Waals surface area contributed by atoms with Crippen LogP contribution in [0.4, 0.5) is 0 Å². The standard InChI is InChI=1S/C17H14BrNO2/c1-11-6-17(14(10-20)9-19-11)21-16-5-3-12-7-15(18)4-2-13(12)8-16/h2-9,20H,10H2,1H3. The molecule has 0 unspecified atom stereocenters. The first-order valence-electron chi connectivity index (χ1n) is 6.59. The van der Waals surface area contributed by atoms with Crippen molar-refractivity contribution in [2.24, 2.45) is 0 Å². The zero-order chi connectivity index (χ0) is 14.8. The molecule has 1 N–H and O–H groups in total. The minimum Gasteiger partial charge on any atom is -0.457 e. The summed E-state index contributed by atoms with van der Waals surface area (Å²) in [7, 11) is 0. The second kappa shape index (κ2) is 5.84. The fourth-order valence-corrected chi connectivity index (χ4v) is 2.54. The minimum atomic E-state index is -0.0941. The van der Waals surface area contributed by atoms with Crippen LogP contribution in [0.1, 0.15) is 11.3 Å². The van der Waals surface area contributed by atoms with Crippen molar-refractivity contribution in [3.63, 3.8) is 0 Å². The number of hydrogen-bond donors (Lipinski definition) is 1. The van der Waals surface area contributed by atoms with Crippen LogP contribution in [0.2, 0.25) is 0 Å². The van der Waals surface area contributed by atoms with E-state index in [2.05, 4.69) is 27.0 Å². The monoisotopic (exact) mass is 343 g/mol. The van der Waals surface area contributed by atoms with E-state index in [9.17, 15) is 5.11 Å². The molecule has 1 aromatic heterocycles. The second-order valence-corrected chi connectivity index (χ2v) is 5.76. The van der Waals surface area contributed by atoms with Crippen molar-refractivity contribution >= 4 is 26.7 Å². The van der Waals surface area contributed by atoms with Gasteiger partial charge in [-0.25, -0.2) is 0 Å². The summed E-state index contributed by atoms with van der Waals surface area (Å²) < 4.78 is 6.96. The van der Waals surface area contributed by atoms with E-state index in [0.717, 1.165) is 26.7 Å². The Kier molecular flexibility index (Phi) is 3.90. The molecule has 0 spiro atoms. The molecule has 0 saturated carbocycles. The van der Waals surface area contributed by atoms with Gasteiger partial charge in [0.25, 0.3) is 0 Å². The van der Waals surface area contributed by atoms with Gasteiger partial charge in [0, 0.05) is 28.0 Å². The number of aliphatic hydroxyl groups excluding tert-OH is 1. The first kappa shape index (κ1) is 14.0. The van der Waals surface area contributed by atoms with Crippen molar-refractivity contribution < 1.29 is 9.84 Å². The predicted molar refractivity (Wildman–Crippen MR) is 86.6 cm³/mol. The summed E-state index contributed by atoms with van der Waals surface area (Å²) in [4.78, 5) is 4.17. The van der Waals surface area contributed by atoms with Crippen LogP contribution in [0.3, 0.4) is 0 Å². The minimum absolute atomic E-state index is 0.0941. The lowest BCUT2D eigenvalue weighted by molar-refractivity contribution is 0.276. The third kappa shape index (κ3) is 3.06. The normalized spacial score (nSPS) is 10.8. The highest BCUT2D eigenvalue weighted by molar-refractivity contribution is 9.10. The van der Waals surface area contributed by atoms with Gasteiger partial charge in [0.05, 0.1) is 6.61 Å². The fraction of sp³-hybridized carbons (Fsp3) is 0.118. The van der Waals surface area contributed by atoms with Crippen molar-refractivity contribution in [2.75, 3.05) is 0 Å². The third-order valence-corrected chi connectivity index (χ3v) is 3.75. The summed E-state index contributed by atoms with van der Waals surface area (Å²) >= 11 is 3.47. The second-order valence-electron chi connectivity index (χ2n) is 4.85. The van der Waals surface area contributed by atoms with Crippen LogP contribution in [0.25, 0.3) is 10.8 Å². The zero-order valence-electron chi connectivity index (χ0n) is 11.5. The summed E-state index contributed by atoms with van der Waals surface area (Å²) in [6.45, 7) is 1.80. The Balaban J connectivity index is 1.98. The number of nitrogens with zero attached hydrogens (tertiary/aromatic N) is 1. The van der Waals surface area contributed by atoms with E-state index in [-0.39, 0.29) is 6.61 Å². The number of pyridine rings is 1. The molecule has 0 aliphatic rings. The van der Waals surface area contributed by atoms with Crippen LogP contribution < -0.4 is 4.74 Å². The highest BCUT2D eigenvalue weighted by Crippen LogP contribution is 2.29. The molecule has 0 fully saturated rings. The lowest BCUT2D eigenvalue weighted by Gasteiger charge is -2.11. The van der Waals surface area contributed by atoms with Crippen molar-refractivity contribution in [2.45, 2.75) is 13.5 Å². The molecule has 106 valence electrons. The fourth-order valence-electron chi connectivity index (χ4n) is 2.16. The molecule has 2 aromatic carbocycles. The van der Waals surface area contributed by atoms with Crippen LogP contribution in [0, 0.1) is 6.92 Å². The number of benzene rings is 2. The van der Waals surface area contributed by atoms with Crippen LogP contribution in [-0.4, -0.2) is 10.1 Å². The Morgan fingerprint density at radius 1 is 1.10 bits per heavy atom. The lowest BCUT2D eigenvalue weighted by Crippen LogP contribution is -1.94. The largest absolute Gasteiger partial charge is 0.457 e. The molecular weight excluding hydrogens is 330 g/mol. The Bertz CT molecular complexity index is 802. The van der Waals surface area contributed by atoms with E-state index < -0.39 is 0 Å². The lowest BCUT2D eigenvalue weighted by atomic mass is 10.1. The van der Waals surface area contributed by atoms with Gasteiger partial charge in [-0.3, -0.25) is 4.98 Å². The van der Waals surface area contributed by atoms with Gasteiger partial charge in [0.2, 0.25) is 0 Å². The topological polar surface area (TPSA) is 42.4 Å². The molecule has 0 saturated heterocycles. The Morgan fingerprint density at radius 2 is 1.86 bits per heavy atom. The van der Waals surface area contributed by atoms with E-state index in [1.807, 2.05) is 43.3 Å².